The van der Waals surface area contributed by atoms with E-state index in [0.717, 1.165) is 7.11 Å². The smallest absolute Gasteiger partial charge is 0.420 e. The number of carbonyl (C=O) groups is 5. The summed E-state index contributed by atoms with van der Waals surface area (Å²) in [6.07, 6.45) is 1.33. The predicted molar refractivity (Wildman–Crippen MR) is 125 cm³/mol. The first kappa shape index (κ1) is 31.9. The quantitative estimate of drug-likeness (QED) is 0.247. The van der Waals surface area contributed by atoms with Gasteiger partial charge in [-0.15, -0.1) is 0 Å². The maximum atomic E-state index is 12.9. The highest BCUT2D eigenvalue weighted by Gasteiger charge is 2.40. The summed E-state index contributed by atoms with van der Waals surface area (Å²) in [7, 11) is 3.61. The summed E-state index contributed by atoms with van der Waals surface area (Å²) in [5.74, 6) is -2.57. The van der Waals surface area contributed by atoms with Crippen molar-refractivity contribution in [3.63, 3.8) is 0 Å². The standard InChI is InChI=1S/C24H39NO10/c1-23(2,3)34-21(29)25(22(30)35-24(4,5)6)17(20(28)33-9)13-11-10-12-16(19(27)32-8)14-15-18(26)31-7/h10,12,16-17H,11,13-15H2,1-9H3/b12-10+/t16-,17+/m1/s1. The Kier molecular flexibility index (Phi) is 13.1. The van der Waals surface area contributed by atoms with Gasteiger partial charge in [0.1, 0.15) is 17.2 Å². The molecule has 200 valence electrons. The fourth-order valence-corrected chi connectivity index (χ4v) is 2.77. The van der Waals surface area contributed by atoms with Crippen LogP contribution in [0.15, 0.2) is 12.2 Å². The monoisotopic (exact) mass is 501 g/mol. The van der Waals surface area contributed by atoms with Gasteiger partial charge in [-0.25, -0.2) is 14.4 Å². The summed E-state index contributed by atoms with van der Waals surface area (Å²) >= 11 is 0. The lowest BCUT2D eigenvalue weighted by molar-refractivity contribution is -0.147. The minimum Gasteiger partial charge on any atom is -0.469 e. The van der Waals surface area contributed by atoms with Crippen molar-refractivity contribution >= 4 is 30.1 Å². The summed E-state index contributed by atoms with van der Waals surface area (Å²) in [6, 6.07) is -1.35. The predicted octanol–water partition coefficient (Wildman–Crippen LogP) is 3.78. The van der Waals surface area contributed by atoms with Gasteiger partial charge in [0, 0.05) is 6.42 Å². The zero-order valence-electron chi connectivity index (χ0n) is 22.2. The van der Waals surface area contributed by atoms with E-state index in [1.165, 1.54) is 20.3 Å². The lowest BCUT2D eigenvalue weighted by Gasteiger charge is -2.32. The summed E-state index contributed by atoms with van der Waals surface area (Å²) in [5, 5.41) is 0. The zero-order chi connectivity index (χ0) is 27.4. The first-order chi connectivity index (χ1) is 16.1. The highest BCUT2D eigenvalue weighted by molar-refractivity contribution is 5.94. The number of ether oxygens (including phenoxy) is 5. The van der Waals surface area contributed by atoms with Crippen LogP contribution in [0.4, 0.5) is 9.59 Å². The number of carbonyl (C=O) groups excluding carboxylic acids is 5. The van der Waals surface area contributed by atoms with Crippen LogP contribution in [0.2, 0.25) is 0 Å². The van der Waals surface area contributed by atoms with Crippen LogP contribution in [-0.4, -0.2) is 73.6 Å². The van der Waals surface area contributed by atoms with Gasteiger partial charge in [-0.05, 0) is 60.8 Å². The molecule has 0 heterocycles. The molecule has 0 aliphatic carbocycles. The second-order valence-corrected chi connectivity index (χ2v) is 9.62. The molecule has 0 aliphatic heterocycles. The van der Waals surface area contributed by atoms with Crippen molar-refractivity contribution in [2.24, 2.45) is 5.92 Å². The average Bonchev–Trinajstić information content (AvgIpc) is 2.73. The van der Waals surface area contributed by atoms with E-state index in [0.29, 0.717) is 4.90 Å². The minimum atomic E-state index is -1.35. The van der Waals surface area contributed by atoms with Gasteiger partial charge < -0.3 is 23.7 Å². The fraction of sp³-hybridized carbons (Fsp3) is 0.708. The Balaban J connectivity index is 5.77. The Labute approximate surface area is 207 Å². The van der Waals surface area contributed by atoms with E-state index in [4.69, 9.17) is 18.9 Å². The van der Waals surface area contributed by atoms with Crippen LogP contribution >= 0.6 is 0 Å². The molecule has 0 radical (unpaired) electrons. The summed E-state index contributed by atoms with van der Waals surface area (Å²) in [4.78, 5) is 62.3. The number of allylic oxidation sites excluding steroid dienone is 1. The third-order valence-electron chi connectivity index (χ3n) is 4.33. The van der Waals surface area contributed by atoms with Crippen LogP contribution in [0.3, 0.4) is 0 Å². The fourth-order valence-electron chi connectivity index (χ4n) is 2.77. The number of rotatable bonds is 10. The number of hydrogen-bond donors (Lipinski definition) is 0. The van der Waals surface area contributed by atoms with Crippen molar-refractivity contribution in [1.29, 1.82) is 0 Å². The van der Waals surface area contributed by atoms with E-state index in [-0.39, 0.29) is 25.7 Å². The van der Waals surface area contributed by atoms with Crippen molar-refractivity contribution in [3.05, 3.63) is 12.2 Å². The minimum absolute atomic E-state index is 0.0104. The molecule has 0 aromatic carbocycles. The molecular formula is C24H39NO10. The number of esters is 3. The van der Waals surface area contributed by atoms with Gasteiger partial charge in [0.15, 0.2) is 0 Å². The van der Waals surface area contributed by atoms with E-state index in [2.05, 4.69) is 4.74 Å². The molecular weight excluding hydrogens is 462 g/mol. The molecule has 0 saturated carbocycles. The highest BCUT2D eigenvalue weighted by atomic mass is 16.6. The Hall–Kier alpha value is -3.11. The van der Waals surface area contributed by atoms with Gasteiger partial charge in [-0.2, -0.15) is 4.90 Å². The van der Waals surface area contributed by atoms with Crippen molar-refractivity contribution in [2.75, 3.05) is 21.3 Å². The third kappa shape index (κ3) is 12.8. The van der Waals surface area contributed by atoms with E-state index in [1.54, 1.807) is 47.6 Å². The van der Waals surface area contributed by atoms with E-state index in [9.17, 15) is 24.0 Å². The molecule has 2 atom stereocenters. The molecule has 0 N–H and O–H groups in total. The normalized spacial score (nSPS) is 13.4. The van der Waals surface area contributed by atoms with Gasteiger partial charge in [0.2, 0.25) is 0 Å². The van der Waals surface area contributed by atoms with Crippen LogP contribution in [0.25, 0.3) is 0 Å². The van der Waals surface area contributed by atoms with Crippen molar-refractivity contribution < 1.29 is 47.7 Å². The molecule has 2 amide bonds. The van der Waals surface area contributed by atoms with Crippen LogP contribution in [0.1, 0.15) is 67.2 Å². The van der Waals surface area contributed by atoms with E-state index in [1.807, 2.05) is 0 Å². The number of nitrogens with zero attached hydrogens (tertiary/aromatic N) is 1. The molecule has 0 aromatic heterocycles. The first-order valence-corrected chi connectivity index (χ1v) is 11.2. The molecule has 0 bridgehead atoms. The zero-order valence-corrected chi connectivity index (χ0v) is 22.2. The van der Waals surface area contributed by atoms with Crippen LogP contribution < -0.4 is 0 Å². The summed E-state index contributed by atoms with van der Waals surface area (Å²) in [6.45, 7) is 9.72. The van der Waals surface area contributed by atoms with Gasteiger partial charge in [0.25, 0.3) is 0 Å². The number of amides is 2. The second kappa shape index (κ2) is 14.3. The first-order valence-electron chi connectivity index (χ1n) is 11.2. The molecule has 35 heavy (non-hydrogen) atoms. The number of imide groups is 1. The van der Waals surface area contributed by atoms with Crippen molar-refractivity contribution in [3.8, 4) is 0 Å². The summed E-state index contributed by atoms with van der Waals surface area (Å²) in [5.41, 5.74) is -1.88. The Bertz CT molecular complexity index is 748. The maximum Gasteiger partial charge on any atom is 0.420 e. The Morgan fingerprint density at radius 1 is 0.743 bits per heavy atom. The van der Waals surface area contributed by atoms with Gasteiger partial charge in [0.05, 0.1) is 27.2 Å². The lowest BCUT2D eigenvalue weighted by atomic mass is 10.0. The van der Waals surface area contributed by atoms with Crippen LogP contribution in [0.5, 0.6) is 0 Å². The van der Waals surface area contributed by atoms with E-state index >= 15 is 0 Å². The average molecular weight is 502 g/mol. The van der Waals surface area contributed by atoms with Gasteiger partial charge in [-0.1, -0.05) is 12.2 Å². The molecule has 0 unspecified atom stereocenters. The molecule has 11 nitrogen and oxygen atoms in total. The Morgan fingerprint density at radius 3 is 1.63 bits per heavy atom. The molecule has 11 heteroatoms. The van der Waals surface area contributed by atoms with Crippen LogP contribution in [0, 0.1) is 5.92 Å². The Morgan fingerprint density at radius 2 is 1.23 bits per heavy atom. The van der Waals surface area contributed by atoms with Crippen LogP contribution in [-0.2, 0) is 38.1 Å². The van der Waals surface area contributed by atoms with Crippen molar-refractivity contribution in [2.45, 2.75) is 84.5 Å². The number of methoxy groups -OCH3 is 3. The summed E-state index contributed by atoms with van der Waals surface area (Å²) < 4.78 is 24.8. The number of hydrogen-bond acceptors (Lipinski definition) is 10. The van der Waals surface area contributed by atoms with Gasteiger partial charge >= 0.3 is 30.1 Å². The molecule has 0 spiro atoms. The lowest BCUT2D eigenvalue weighted by Crippen LogP contribution is -2.52. The SMILES string of the molecule is COC(=O)CC[C@@H](/C=C/CC[C@@H](C(=O)OC)N(C(=O)OC(C)(C)C)C(=O)OC(C)(C)C)C(=O)OC. The highest BCUT2D eigenvalue weighted by Crippen LogP contribution is 2.20. The topological polar surface area (TPSA) is 135 Å². The third-order valence-corrected chi connectivity index (χ3v) is 4.33. The molecule has 0 rings (SSSR count). The van der Waals surface area contributed by atoms with Gasteiger partial charge in [-0.3, -0.25) is 9.59 Å². The molecule has 0 aliphatic rings. The second-order valence-electron chi connectivity index (χ2n) is 9.62. The van der Waals surface area contributed by atoms with Crippen molar-refractivity contribution in [1.82, 2.24) is 4.90 Å². The van der Waals surface area contributed by atoms with E-state index < -0.39 is 53.3 Å². The molecule has 0 aromatic rings. The molecule has 0 saturated heterocycles. The maximum absolute atomic E-state index is 12.9. The molecule has 0 fully saturated rings. The largest absolute Gasteiger partial charge is 0.469 e.